The van der Waals surface area contributed by atoms with Crippen LogP contribution in [0.2, 0.25) is 0 Å². The number of furan rings is 1. The van der Waals surface area contributed by atoms with Crippen molar-refractivity contribution in [1.82, 2.24) is 19.7 Å². The van der Waals surface area contributed by atoms with Crippen molar-refractivity contribution >= 4 is 10.9 Å². The lowest BCUT2D eigenvalue weighted by molar-refractivity contribution is 0.0563. The summed E-state index contributed by atoms with van der Waals surface area (Å²) in [6.45, 7) is 3.75. The van der Waals surface area contributed by atoms with Crippen LogP contribution < -0.4 is 5.73 Å². The molecular formula is C20H23N5O2. The van der Waals surface area contributed by atoms with Crippen LogP contribution in [-0.2, 0) is 13.0 Å². The van der Waals surface area contributed by atoms with Crippen molar-refractivity contribution in [2.24, 2.45) is 5.73 Å². The predicted molar refractivity (Wildman–Crippen MR) is 103 cm³/mol. The quantitative estimate of drug-likeness (QED) is 0.487. The highest BCUT2D eigenvalue weighted by Gasteiger charge is 2.24. The van der Waals surface area contributed by atoms with E-state index < -0.39 is 5.60 Å². The minimum atomic E-state index is -0.941. The topological polar surface area (TPSA) is 106 Å². The van der Waals surface area contributed by atoms with Crippen LogP contribution in [-0.4, -0.2) is 30.5 Å². The second kappa shape index (κ2) is 6.68. The second-order valence-corrected chi connectivity index (χ2v) is 7.41. The van der Waals surface area contributed by atoms with Gasteiger partial charge in [0.2, 0.25) is 5.82 Å². The number of rotatable bonds is 6. The van der Waals surface area contributed by atoms with Gasteiger partial charge in [-0.1, -0.05) is 18.2 Å². The number of benzene rings is 1. The van der Waals surface area contributed by atoms with E-state index in [2.05, 4.69) is 21.1 Å². The van der Waals surface area contributed by atoms with Crippen molar-refractivity contribution in [2.45, 2.75) is 38.5 Å². The van der Waals surface area contributed by atoms with E-state index in [9.17, 15) is 5.11 Å². The van der Waals surface area contributed by atoms with Crippen LogP contribution in [0.25, 0.3) is 22.5 Å². The molecule has 1 aromatic carbocycles. The molecule has 0 aliphatic rings. The fraction of sp³-hybridized carbons (Fsp3) is 0.300. The third kappa shape index (κ3) is 3.65. The van der Waals surface area contributed by atoms with E-state index in [1.165, 1.54) is 0 Å². The number of hydrogen-bond acceptors (Lipinski definition) is 5. The molecule has 3 heterocycles. The molecule has 0 bridgehead atoms. The molecule has 1 atom stereocenters. The molecule has 0 aliphatic heterocycles. The molecule has 7 nitrogen and oxygen atoms in total. The van der Waals surface area contributed by atoms with Crippen LogP contribution >= 0.6 is 0 Å². The van der Waals surface area contributed by atoms with Gasteiger partial charge in [0.25, 0.3) is 0 Å². The first-order valence-electron chi connectivity index (χ1n) is 8.92. The van der Waals surface area contributed by atoms with Gasteiger partial charge in [0.1, 0.15) is 5.82 Å². The number of nitrogens with zero attached hydrogens (tertiary/aromatic N) is 3. The van der Waals surface area contributed by atoms with E-state index in [0.29, 0.717) is 23.8 Å². The monoisotopic (exact) mass is 365 g/mol. The summed E-state index contributed by atoms with van der Waals surface area (Å²) < 4.78 is 7.09. The lowest BCUT2D eigenvalue weighted by Gasteiger charge is -2.19. The van der Waals surface area contributed by atoms with Gasteiger partial charge < -0.3 is 20.2 Å². The Kier molecular flexibility index (Phi) is 4.33. The fourth-order valence-electron chi connectivity index (χ4n) is 3.25. The maximum absolute atomic E-state index is 10.3. The molecule has 7 heteroatoms. The third-order valence-corrected chi connectivity index (χ3v) is 4.42. The Balaban J connectivity index is 1.68. The normalized spacial score (nSPS) is 13.3. The van der Waals surface area contributed by atoms with Gasteiger partial charge >= 0.3 is 0 Å². The number of aliphatic hydroxyl groups is 1. The number of para-hydroxylation sites is 1. The molecule has 0 fully saturated rings. The Labute approximate surface area is 156 Å². The summed E-state index contributed by atoms with van der Waals surface area (Å²) in [6.07, 6.45) is 4.17. The Hall–Kier alpha value is -2.90. The van der Waals surface area contributed by atoms with Gasteiger partial charge in [-0.15, -0.1) is 5.10 Å². The average molecular weight is 365 g/mol. The third-order valence-electron chi connectivity index (χ3n) is 4.42. The molecule has 4 N–H and O–H groups in total. The van der Waals surface area contributed by atoms with Gasteiger partial charge in [0.05, 0.1) is 24.5 Å². The van der Waals surface area contributed by atoms with Crippen LogP contribution in [0.3, 0.4) is 0 Å². The molecule has 0 aliphatic carbocycles. The first-order chi connectivity index (χ1) is 12.9. The standard InChI is InChI=1S/C20H23N5O2/c1-20(2,26)12-25-19(23-18(24-25)17-8-5-9-27-17)15(21)10-13-11-22-16-7-4-3-6-14(13)16/h3-9,11,15,22,26H,10,12,21H2,1-2H3/t15-/m0/s1. The molecule has 4 rings (SSSR count). The van der Waals surface area contributed by atoms with Crippen LogP contribution in [0.15, 0.2) is 53.3 Å². The smallest absolute Gasteiger partial charge is 0.217 e. The van der Waals surface area contributed by atoms with E-state index in [1.54, 1.807) is 36.9 Å². The molecule has 27 heavy (non-hydrogen) atoms. The molecule has 0 radical (unpaired) electrons. The predicted octanol–water partition coefficient (Wildman–Crippen LogP) is 3.03. The number of nitrogens with two attached hydrogens (primary N) is 1. The Bertz CT molecular complexity index is 1040. The van der Waals surface area contributed by atoms with Crippen LogP contribution in [0, 0.1) is 0 Å². The lowest BCUT2D eigenvalue weighted by atomic mass is 10.0. The van der Waals surface area contributed by atoms with E-state index in [4.69, 9.17) is 10.2 Å². The van der Waals surface area contributed by atoms with Crippen molar-refractivity contribution in [3.8, 4) is 11.6 Å². The van der Waals surface area contributed by atoms with E-state index in [1.807, 2.05) is 24.4 Å². The lowest BCUT2D eigenvalue weighted by Crippen LogP contribution is -2.30. The number of aromatic nitrogens is 4. The van der Waals surface area contributed by atoms with E-state index in [0.717, 1.165) is 16.5 Å². The molecule has 3 aromatic heterocycles. The summed E-state index contributed by atoms with van der Waals surface area (Å²) in [6, 6.07) is 11.3. The Morgan fingerprint density at radius 1 is 1.26 bits per heavy atom. The maximum atomic E-state index is 10.3. The molecule has 4 aromatic rings. The minimum Gasteiger partial charge on any atom is -0.461 e. The zero-order valence-corrected chi connectivity index (χ0v) is 15.4. The average Bonchev–Trinajstić information content (AvgIpc) is 3.33. The Morgan fingerprint density at radius 2 is 2.07 bits per heavy atom. The molecule has 0 spiro atoms. The maximum Gasteiger partial charge on any atom is 0.217 e. The number of nitrogens with one attached hydrogen (secondary N) is 1. The summed E-state index contributed by atoms with van der Waals surface area (Å²) in [4.78, 5) is 7.88. The van der Waals surface area contributed by atoms with Crippen molar-refractivity contribution in [1.29, 1.82) is 0 Å². The summed E-state index contributed by atoms with van der Waals surface area (Å²) in [5.74, 6) is 1.66. The number of aromatic amines is 1. The highest BCUT2D eigenvalue weighted by atomic mass is 16.3. The Morgan fingerprint density at radius 3 is 2.81 bits per heavy atom. The molecular weight excluding hydrogens is 342 g/mol. The number of hydrogen-bond donors (Lipinski definition) is 3. The largest absolute Gasteiger partial charge is 0.461 e. The van der Waals surface area contributed by atoms with Gasteiger partial charge in [-0.2, -0.15) is 0 Å². The fourth-order valence-corrected chi connectivity index (χ4v) is 3.25. The van der Waals surface area contributed by atoms with Crippen LogP contribution in [0.1, 0.15) is 31.3 Å². The van der Waals surface area contributed by atoms with E-state index >= 15 is 0 Å². The zero-order valence-electron chi connectivity index (χ0n) is 15.4. The highest BCUT2D eigenvalue weighted by molar-refractivity contribution is 5.83. The van der Waals surface area contributed by atoms with Gasteiger partial charge in [-0.3, -0.25) is 0 Å². The summed E-state index contributed by atoms with van der Waals surface area (Å²) in [5, 5.41) is 15.9. The number of fused-ring (bicyclic) bond motifs is 1. The molecule has 140 valence electrons. The highest BCUT2D eigenvalue weighted by Crippen LogP contribution is 2.25. The molecule has 0 saturated carbocycles. The van der Waals surface area contributed by atoms with Crippen LogP contribution in [0.5, 0.6) is 0 Å². The summed E-state index contributed by atoms with van der Waals surface area (Å²) in [5.41, 5.74) is 7.77. The van der Waals surface area contributed by atoms with Gasteiger partial charge in [-0.05, 0) is 44.0 Å². The zero-order chi connectivity index (χ0) is 19.0. The second-order valence-electron chi connectivity index (χ2n) is 7.41. The van der Waals surface area contributed by atoms with Gasteiger partial charge in [-0.25, -0.2) is 9.67 Å². The molecule has 0 amide bonds. The summed E-state index contributed by atoms with van der Waals surface area (Å²) >= 11 is 0. The minimum absolute atomic E-state index is 0.289. The van der Waals surface area contributed by atoms with Crippen molar-refractivity contribution in [3.05, 3.63) is 60.2 Å². The van der Waals surface area contributed by atoms with Crippen molar-refractivity contribution < 1.29 is 9.52 Å². The molecule has 0 saturated heterocycles. The van der Waals surface area contributed by atoms with Crippen LogP contribution in [0.4, 0.5) is 0 Å². The summed E-state index contributed by atoms with van der Waals surface area (Å²) in [7, 11) is 0. The first-order valence-corrected chi connectivity index (χ1v) is 8.92. The van der Waals surface area contributed by atoms with Crippen molar-refractivity contribution in [3.63, 3.8) is 0 Å². The van der Waals surface area contributed by atoms with E-state index in [-0.39, 0.29) is 12.6 Å². The SMILES string of the molecule is CC(C)(O)Cn1nc(-c2ccco2)nc1[C@@H](N)Cc1c[nH]c2ccccc12. The molecule has 0 unspecified atom stereocenters. The van der Waals surface area contributed by atoms with Gasteiger partial charge in [0.15, 0.2) is 5.76 Å². The van der Waals surface area contributed by atoms with Gasteiger partial charge in [0, 0.05) is 17.1 Å². The first kappa shape index (κ1) is 17.5. The van der Waals surface area contributed by atoms with Crippen molar-refractivity contribution in [2.75, 3.05) is 0 Å². The number of H-pyrrole nitrogens is 1.